The van der Waals surface area contributed by atoms with Gasteiger partial charge < -0.3 is 10.1 Å². The van der Waals surface area contributed by atoms with E-state index in [1.165, 1.54) is 7.11 Å². The number of hydrogen-bond donors (Lipinski definition) is 1. The van der Waals surface area contributed by atoms with E-state index < -0.39 is 5.97 Å². The summed E-state index contributed by atoms with van der Waals surface area (Å²) in [6.45, 7) is 0. The molecule has 0 aliphatic heterocycles. The van der Waals surface area contributed by atoms with Gasteiger partial charge in [0, 0.05) is 16.9 Å². The summed E-state index contributed by atoms with van der Waals surface area (Å²) in [6, 6.07) is 16.4. The number of benzene rings is 2. The van der Waals surface area contributed by atoms with Crippen LogP contribution in [0.4, 0.5) is 5.69 Å². The first-order chi connectivity index (χ1) is 13.2. The molecule has 0 spiro atoms. The molecule has 0 unspecified atom stereocenters. The van der Waals surface area contributed by atoms with Crippen molar-refractivity contribution in [1.82, 2.24) is 9.78 Å². The van der Waals surface area contributed by atoms with Crippen LogP contribution < -0.4 is 5.32 Å². The number of aromatic nitrogens is 2. The van der Waals surface area contributed by atoms with E-state index >= 15 is 0 Å². The number of methoxy groups -OCH3 is 1. The highest BCUT2D eigenvalue weighted by atomic mass is 16.5. The lowest BCUT2D eigenvalue weighted by atomic mass is 10.1. The molecule has 6 nitrogen and oxygen atoms in total. The predicted molar refractivity (Wildman–Crippen MR) is 101 cm³/mol. The van der Waals surface area contributed by atoms with E-state index in [2.05, 4.69) is 15.2 Å². The molecule has 1 N–H and O–H groups in total. The number of fused-ring (bicyclic) bond motifs is 1. The first-order valence-corrected chi connectivity index (χ1v) is 8.83. The second kappa shape index (κ2) is 7.07. The van der Waals surface area contributed by atoms with E-state index in [9.17, 15) is 9.59 Å². The minimum atomic E-state index is -0.410. The molecule has 0 atom stereocenters. The highest BCUT2D eigenvalue weighted by molar-refractivity contribution is 6.04. The predicted octanol–water partition coefficient (Wildman–Crippen LogP) is 3.40. The number of para-hydroxylation sites is 1. The van der Waals surface area contributed by atoms with Gasteiger partial charge in [0.05, 0.1) is 18.4 Å². The molecule has 0 saturated heterocycles. The number of carbonyl (C=O) groups excluding carboxylic acids is 2. The van der Waals surface area contributed by atoms with E-state index in [-0.39, 0.29) is 5.91 Å². The van der Waals surface area contributed by atoms with Crippen LogP contribution in [0, 0.1) is 0 Å². The Bertz CT molecular complexity index is 992. The molecule has 3 aromatic rings. The van der Waals surface area contributed by atoms with Crippen molar-refractivity contribution in [2.75, 3.05) is 12.4 Å². The van der Waals surface area contributed by atoms with Crippen molar-refractivity contribution in [3.05, 3.63) is 77.1 Å². The summed E-state index contributed by atoms with van der Waals surface area (Å²) in [5.41, 5.74) is 4.58. The molecule has 1 amide bonds. The third-order valence-electron chi connectivity index (χ3n) is 4.71. The van der Waals surface area contributed by atoms with Gasteiger partial charge in [0.1, 0.15) is 0 Å². The summed E-state index contributed by atoms with van der Waals surface area (Å²) in [4.78, 5) is 24.3. The van der Waals surface area contributed by atoms with Crippen LogP contribution in [0.1, 0.15) is 38.5 Å². The molecular weight excluding hydrogens is 342 g/mol. The van der Waals surface area contributed by atoms with Crippen LogP contribution in [0.15, 0.2) is 54.6 Å². The lowest BCUT2D eigenvalue weighted by Crippen LogP contribution is -2.15. The number of esters is 1. The number of nitrogens with one attached hydrogen (secondary N) is 1. The van der Waals surface area contributed by atoms with E-state index in [1.807, 2.05) is 35.0 Å². The fraction of sp³-hybridized carbons (Fsp3) is 0.190. The van der Waals surface area contributed by atoms with Gasteiger partial charge in [-0.05, 0) is 55.7 Å². The first-order valence-electron chi connectivity index (χ1n) is 8.83. The number of amides is 1. The van der Waals surface area contributed by atoms with Gasteiger partial charge in [-0.2, -0.15) is 5.10 Å². The molecule has 0 radical (unpaired) electrons. The fourth-order valence-electron chi connectivity index (χ4n) is 3.40. The Balaban J connectivity index is 1.60. The Kier molecular flexibility index (Phi) is 4.46. The smallest absolute Gasteiger partial charge is 0.337 e. The second-order valence-electron chi connectivity index (χ2n) is 6.40. The molecule has 4 rings (SSSR count). The monoisotopic (exact) mass is 361 g/mol. The molecule has 1 aromatic heterocycles. The van der Waals surface area contributed by atoms with Gasteiger partial charge in [-0.1, -0.05) is 18.2 Å². The van der Waals surface area contributed by atoms with Crippen molar-refractivity contribution >= 4 is 17.6 Å². The highest BCUT2D eigenvalue weighted by Gasteiger charge is 2.27. The lowest BCUT2D eigenvalue weighted by molar-refractivity contribution is 0.0600. The molecule has 136 valence electrons. The average Bonchev–Trinajstić information content (AvgIpc) is 3.31. The van der Waals surface area contributed by atoms with E-state index in [4.69, 9.17) is 0 Å². The van der Waals surface area contributed by atoms with Gasteiger partial charge in [0.2, 0.25) is 0 Å². The van der Waals surface area contributed by atoms with Gasteiger partial charge in [0.25, 0.3) is 5.91 Å². The van der Waals surface area contributed by atoms with Gasteiger partial charge in [0.15, 0.2) is 5.69 Å². The van der Waals surface area contributed by atoms with Crippen LogP contribution in [0.5, 0.6) is 0 Å². The summed E-state index contributed by atoms with van der Waals surface area (Å²) in [7, 11) is 1.33. The SMILES string of the molecule is COC(=O)c1ccc(NC(=O)c2nn(-c3ccccc3)c3c2CCC3)cc1. The third kappa shape index (κ3) is 3.21. The van der Waals surface area contributed by atoms with Crippen molar-refractivity contribution in [2.45, 2.75) is 19.3 Å². The van der Waals surface area contributed by atoms with Crippen molar-refractivity contribution in [3.63, 3.8) is 0 Å². The molecule has 0 saturated carbocycles. The van der Waals surface area contributed by atoms with Crippen molar-refractivity contribution in [3.8, 4) is 5.69 Å². The summed E-state index contributed by atoms with van der Waals surface area (Å²) in [5, 5.41) is 7.46. The van der Waals surface area contributed by atoms with Crippen molar-refractivity contribution in [1.29, 1.82) is 0 Å². The van der Waals surface area contributed by atoms with Crippen LogP contribution >= 0.6 is 0 Å². The zero-order valence-corrected chi connectivity index (χ0v) is 14.9. The fourth-order valence-corrected chi connectivity index (χ4v) is 3.40. The van der Waals surface area contributed by atoms with E-state index in [0.717, 1.165) is 36.2 Å². The minimum absolute atomic E-state index is 0.242. The zero-order valence-electron chi connectivity index (χ0n) is 14.9. The molecule has 0 bridgehead atoms. The maximum absolute atomic E-state index is 12.8. The molecule has 1 aliphatic rings. The quantitative estimate of drug-likeness (QED) is 0.723. The number of carbonyl (C=O) groups is 2. The maximum Gasteiger partial charge on any atom is 0.337 e. The van der Waals surface area contributed by atoms with E-state index in [1.54, 1.807) is 24.3 Å². The Morgan fingerprint density at radius 2 is 1.78 bits per heavy atom. The standard InChI is InChI=1S/C21H19N3O3/c1-27-21(26)14-10-12-15(13-11-14)22-20(25)19-17-8-5-9-18(17)24(23-19)16-6-3-2-4-7-16/h2-4,6-7,10-13H,5,8-9H2,1H3,(H,22,25). The Morgan fingerprint density at radius 1 is 1.04 bits per heavy atom. The van der Waals surface area contributed by atoms with Crippen LogP contribution in [-0.4, -0.2) is 28.8 Å². The number of hydrogen-bond acceptors (Lipinski definition) is 4. The number of nitrogens with zero attached hydrogens (tertiary/aromatic N) is 2. The van der Waals surface area contributed by atoms with Gasteiger partial charge in [-0.15, -0.1) is 0 Å². The van der Waals surface area contributed by atoms with Crippen LogP contribution in [0.2, 0.25) is 0 Å². The summed E-state index contributed by atoms with van der Waals surface area (Å²) in [6.07, 6.45) is 2.79. The zero-order chi connectivity index (χ0) is 18.8. The summed E-state index contributed by atoms with van der Waals surface area (Å²) >= 11 is 0. The largest absolute Gasteiger partial charge is 0.465 e. The topological polar surface area (TPSA) is 73.2 Å². The lowest BCUT2D eigenvalue weighted by Gasteiger charge is -2.06. The van der Waals surface area contributed by atoms with Crippen LogP contribution in [0.25, 0.3) is 5.69 Å². The van der Waals surface area contributed by atoms with Gasteiger partial charge in [-0.25, -0.2) is 9.48 Å². The van der Waals surface area contributed by atoms with Gasteiger partial charge >= 0.3 is 5.97 Å². The Labute approximate surface area is 156 Å². The molecule has 2 aromatic carbocycles. The Hall–Kier alpha value is -3.41. The highest BCUT2D eigenvalue weighted by Crippen LogP contribution is 2.28. The number of ether oxygens (including phenoxy) is 1. The molecule has 0 fully saturated rings. The molecule has 1 heterocycles. The summed E-state index contributed by atoms with van der Waals surface area (Å²) in [5.74, 6) is -0.652. The Morgan fingerprint density at radius 3 is 2.48 bits per heavy atom. The molecule has 27 heavy (non-hydrogen) atoms. The minimum Gasteiger partial charge on any atom is -0.465 e. The van der Waals surface area contributed by atoms with Crippen LogP contribution in [0.3, 0.4) is 0 Å². The molecule has 6 heteroatoms. The number of anilines is 1. The van der Waals surface area contributed by atoms with Crippen molar-refractivity contribution < 1.29 is 14.3 Å². The van der Waals surface area contributed by atoms with Gasteiger partial charge in [-0.3, -0.25) is 4.79 Å². The summed E-state index contributed by atoms with van der Waals surface area (Å²) < 4.78 is 6.56. The maximum atomic E-state index is 12.8. The first kappa shape index (κ1) is 17.0. The van der Waals surface area contributed by atoms with Crippen LogP contribution in [-0.2, 0) is 17.6 Å². The van der Waals surface area contributed by atoms with Crippen molar-refractivity contribution in [2.24, 2.45) is 0 Å². The third-order valence-corrected chi connectivity index (χ3v) is 4.71. The normalized spacial score (nSPS) is 12.5. The van der Waals surface area contributed by atoms with E-state index in [0.29, 0.717) is 16.9 Å². The molecular formula is C21H19N3O3. The molecule has 1 aliphatic carbocycles. The second-order valence-corrected chi connectivity index (χ2v) is 6.40. The number of rotatable bonds is 4. The average molecular weight is 361 g/mol.